The number of nitrogens with one attached hydrogen (secondary N) is 1. The second-order valence-electron chi connectivity index (χ2n) is 4.31. The van der Waals surface area contributed by atoms with E-state index in [1.54, 1.807) is 6.20 Å². The lowest BCUT2D eigenvalue weighted by molar-refractivity contribution is 0.889. The number of hydrogen-bond donors (Lipinski definition) is 2. The van der Waals surface area contributed by atoms with Gasteiger partial charge in [0.05, 0.1) is 17.4 Å². The summed E-state index contributed by atoms with van der Waals surface area (Å²) in [5.41, 5.74) is 9.28. The fraction of sp³-hybridized carbons (Fsp3) is 0.143. The Balaban J connectivity index is 1.79. The molecule has 0 saturated heterocycles. The molecule has 18 heavy (non-hydrogen) atoms. The van der Waals surface area contributed by atoms with Crippen LogP contribution in [0.5, 0.6) is 0 Å². The van der Waals surface area contributed by atoms with Crippen LogP contribution in [0.2, 0.25) is 0 Å². The van der Waals surface area contributed by atoms with Crippen molar-refractivity contribution in [3.05, 3.63) is 54.0 Å². The van der Waals surface area contributed by atoms with Gasteiger partial charge in [-0.25, -0.2) is 9.97 Å². The molecule has 3 aromatic rings. The van der Waals surface area contributed by atoms with Gasteiger partial charge >= 0.3 is 0 Å². The predicted molar refractivity (Wildman–Crippen MR) is 72.2 cm³/mol. The largest absolute Gasteiger partial charge is 0.397 e. The van der Waals surface area contributed by atoms with Crippen LogP contribution in [0.3, 0.4) is 0 Å². The lowest BCUT2D eigenvalue weighted by Gasteiger charge is -1.97. The second-order valence-corrected chi connectivity index (χ2v) is 4.31. The first-order chi connectivity index (χ1) is 8.81. The van der Waals surface area contributed by atoms with Crippen LogP contribution in [0.25, 0.3) is 11.2 Å². The zero-order valence-electron chi connectivity index (χ0n) is 9.93. The van der Waals surface area contributed by atoms with Crippen LogP contribution in [-0.2, 0) is 12.8 Å². The topological polar surface area (TPSA) is 67.6 Å². The van der Waals surface area contributed by atoms with E-state index in [0.717, 1.165) is 29.8 Å². The maximum absolute atomic E-state index is 5.69. The first-order valence-electron chi connectivity index (χ1n) is 5.95. The van der Waals surface area contributed by atoms with Crippen molar-refractivity contribution >= 4 is 16.9 Å². The maximum atomic E-state index is 5.69. The van der Waals surface area contributed by atoms with Gasteiger partial charge in [-0.15, -0.1) is 0 Å². The zero-order valence-corrected chi connectivity index (χ0v) is 9.93. The Bertz CT molecular complexity index is 658. The molecule has 0 fully saturated rings. The third-order valence-corrected chi connectivity index (χ3v) is 2.90. The molecule has 0 aliphatic heterocycles. The Labute approximate surface area is 105 Å². The highest BCUT2D eigenvalue weighted by atomic mass is 15.0. The summed E-state index contributed by atoms with van der Waals surface area (Å²) in [6.07, 6.45) is 3.47. The molecule has 0 amide bonds. The maximum Gasteiger partial charge on any atom is 0.177 e. The third kappa shape index (κ3) is 2.18. The van der Waals surface area contributed by atoms with Gasteiger partial charge in [0.1, 0.15) is 5.82 Å². The Hall–Kier alpha value is -2.36. The van der Waals surface area contributed by atoms with Gasteiger partial charge in [0.15, 0.2) is 5.65 Å². The number of benzene rings is 1. The van der Waals surface area contributed by atoms with E-state index in [4.69, 9.17) is 5.73 Å². The van der Waals surface area contributed by atoms with Crippen LogP contribution >= 0.6 is 0 Å². The number of hydrogen-bond acceptors (Lipinski definition) is 3. The summed E-state index contributed by atoms with van der Waals surface area (Å²) in [6.45, 7) is 0. The molecular formula is C14H14N4. The molecule has 2 heterocycles. The number of anilines is 1. The van der Waals surface area contributed by atoms with Gasteiger partial charge < -0.3 is 10.7 Å². The molecule has 0 aliphatic carbocycles. The van der Waals surface area contributed by atoms with Crippen LogP contribution in [0.1, 0.15) is 11.4 Å². The Kier molecular flexibility index (Phi) is 2.68. The third-order valence-electron chi connectivity index (χ3n) is 2.90. The number of aryl methyl sites for hydroxylation is 2. The van der Waals surface area contributed by atoms with Crippen molar-refractivity contribution in [3.63, 3.8) is 0 Å². The number of imidazole rings is 1. The van der Waals surface area contributed by atoms with Crippen molar-refractivity contribution in [1.82, 2.24) is 15.0 Å². The minimum Gasteiger partial charge on any atom is -0.397 e. The molecule has 0 unspecified atom stereocenters. The molecule has 0 radical (unpaired) electrons. The van der Waals surface area contributed by atoms with E-state index < -0.39 is 0 Å². The molecule has 3 N–H and O–H groups in total. The highest BCUT2D eigenvalue weighted by Crippen LogP contribution is 2.13. The van der Waals surface area contributed by atoms with Gasteiger partial charge in [-0.05, 0) is 18.1 Å². The molecule has 0 bridgehead atoms. The average Bonchev–Trinajstić information content (AvgIpc) is 2.79. The first-order valence-corrected chi connectivity index (χ1v) is 5.95. The highest BCUT2D eigenvalue weighted by Gasteiger charge is 2.04. The number of pyridine rings is 1. The average molecular weight is 238 g/mol. The molecule has 2 aromatic heterocycles. The minimum atomic E-state index is 0.653. The molecule has 4 nitrogen and oxygen atoms in total. The van der Waals surface area contributed by atoms with Crippen molar-refractivity contribution < 1.29 is 0 Å². The van der Waals surface area contributed by atoms with Crippen molar-refractivity contribution in [2.24, 2.45) is 0 Å². The number of nitrogens with zero attached hydrogens (tertiary/aromatic N) is 2. The molecule has 3 rings (SSSR count). The molecule has 0 atom stereocenters. The van der Waals surface area contributed by atoms with Crippen LogP contribution in [0.15, 0.2) is 42.6 Å². The first kappa shape index (κ1) is 10.8. The highest BCUT2D eigenvalue weighted by molar-refractivity contribution is 5.73. The van der Waals surface area contributed by atoms with Crippen LogP contribution in [0, 0.1) is 0 Å². The summed E-state index contributed by atoms with van der Waals surface area (Å²) in [5, 5.41) is 0. The summed E-state index contributed by atoms with van der Waals surface area (Å²) in [6, 6.07) is 12.2. The fourth-order valence-corrected chi connectivity index (χ4v) is 1.99. The lowest BCUT2D eigenvalue weighted by Crippen LogP contribution is -1.92. The SMILES string of the molecule is Nc1cnc2nc(CCc3ccccc3)[nH]c2c1. The van der Waals surface area contributed by atoms with Crippen LogP contribution < -0.4 is 5.73 Å². The summed E-state index contributed by atoms with van der Waals surface area (Å²) >= 11 is 0. The minimum absolute atomic E-state index is 0.653. The fourth-order valence-electron chi connectivity index (χ4n) is 1.99. The predicted octanol–water partition coefficient (Wildman–Crippen LogP) is 2.33. The summed E-state index contributed by atoms with van der Waals surface area (Å²) in [5.74, 6) is 0.951. The van der Waals surface area contributed by atoms with Gasteiger partial charge in [-0.1, -0.05) is 30.3 Å². The van der Waals surface area contributed by atoms with Crippen molar-refractivity contribution in [3.8, 4) is 0 Å². The van der Waals surface area contributed by atoms with E-state index in [0.29, 0.717) is 5.69 Å². The van der Waals surface area contributed by atoms with Gasteiger partial charge in [-0.3, -0.25) is 0 Å². The van der Waals surface area contributed by atoms with Gasteiger partial charge in [0, 0.05) is 6.42 Å². The molecule has 0 spiro atoms. The van der Waals surface area contributed by atoms with Crippen molar-refractivity contribution in [2.45, 2.75) is 12.8 Å². The standard InChI is InChI=1S/C14H14N4/c15-11-8-12-14(16-9-11)18-13(17-12)7-6-10-4-2-1-3-5-10/h1-5,8-9H,6-7,15H2,(H,16,17,18). The molecular weight excluding hydrogens is 224 g/mol. The molecule has 0 saturated carbocycles. The van der Waals surface area contributed by atoms with Gasteiger partial charge in [-0.2, -0.15) is 0 Å². The van der Waals surface area contributed by atoms with Crippen LogP contribution in [-0.4, -0.2) is 15.0 Å². The number of aromatic nitrogens is 3. The van der Waals surface area contributed by atoms with E-state index in [1.807, 2.05) is 12.1 Å². The molecule has 90 valence electrons. The van der Waals surface area contributed by atoms with Crippen molar-refractivity contribution in [1.29, 1.82) is 0 Å². The molecule has 1 aromatic carbocycles. The molecule has 0 aliphatic rings. The van der Waals surface area contributed by atoms with Gasteiger partial charge in [0.2, 0.25) is 0 Å². The molecule has 4 heteroatoms. The van der Waals surface area contributed by atoms with Crippen molar-refractivity contribution in [2.75, 3.05) is 5.73 Å². The normalized spacial score (nSPS) is 10.9. The van der Waals surface area contributed by atoms with E-state index in [2.05, 4.69) is 39.2 Å². The number of nitrogens with two attached hydrogens (primary N) is 1. The summed E-state index contributed by atoms with van der Waals surface area (Å²) in [7, 11) is 0. The number of rotatable bonds is 3. The summed E-state index contributed by atoms with van der Waals surface area (Å²) in [4.78, 5) is 11.9. The Morgan fingerprint density at radius 1 is 1.11 bits per heavy atom. The van der Waals surface area contributed by atoms with E-state index >= 15 is 0 Å². The number of aromatic amines is 1. The monoisotopic (exact) mass is 238 g/mol. The van der Waals surface area contributed by atoms with E-state index in [9.17, 15) is 0 Å². The number of nitrogen functional groups attached to an aromatic ring is 1. The second kappa shape index (κ2) is 4.49. The Morgan fingerprint density at radius 2 is 1.94 bits per heavy atom. The number of fused-ring (bicyclic) bond motifs is 1. The number of H-pyrrole nitrogens is 1. The Morgan fingerprint density at radius 3 is 2.78 bits per heavy atom. The zero-order chi connectivity index (χ0) is 12.4. The van der Waals surface area contributed by atoms with Crippen LogP contribution in [0.4, 0.5) is 5.69 Å². The summed E-state index contributed by atoms with van der Waals surface area (Å²) < 4.78 is 0. The lowest BCUT2D eigenvalue weighted by atomic mass is 10.1. The quantitative estimate of drug-likeness (QED) is 0.735. The van der Waals surface area contributed by atoms with Gasteiger partial charge in [0.25, 0.3) is 0 Å². The van der Waals surface area contributed by atoms with E-state index in [-0.39, 0.29) is 0 Å². The van der Waals surface area contributed by atoms with E-state index in [1.165, 1.54) is 5.56 Å². The smallest absolute Gasteiger partial charge is 0.177 e.